The first-order chi connectivity index (χ1) is 12.1. The fraction of sp³-hybridized carbons (Fsp3) is 0.105. The number of aromatic nitrogens is 2. The van der Waals surface area contributed by atoms with Gasteiger partial charge in [-0.25, -0.2) is 14.6 Å². The highest BCUT2D eigenvalue weighted by atomic mass is 16.5. The Hall–Kier alpha value is -3.41. The Bertz CT molecular complexity index is 900. The number of rotatable bonds is 4. The maximum absolute atomic E-state index is 11.8. The van der Waals surface area contributed by atoms with Crippen LogP contribution in [0.25, 0.3) is 16.8 Å². The fourth-order valence-corrected chi connectivity index (χ4v) is 2.54. The smallest absolute Gasteiger partial charge is 0.337 e. The van der Waals surface area contributed by atoms with Gasteiger partial charge in [-0.05, 0) is 29.8 Å². The molecule has 3 rings (SSSR count). The van der Waals surface area contributed by atoms with Crippen molar-refractivity contribution in [2.45, 2.75) is 0 Å². The second-order valence-electron chi connectivity index (χ2n) is 5.26. The summed E-state index contributed by atoms with van der Waals surface area (Å²) >= 11 is 0. The SMILES string of the molecule is COC(=O)c1ccc(-c2ccc(C(=O)OC)cc2-n2ccnc2)cc1. The molecule has 0 saturated carbocycles. The molecule has 6 nitrogen and oxygen atoms in total. The molecule has 1 aromatic heterocycles. The number of carbonyl (C=O) groups is 2. The number of carbonyl (C=O) groups excluding carboxylic acids is 2. The Kier molecular flexibility index (Phi) is 4.61. The number of hydrogen-bond donors (Lipinski definition) is 0. The van der Waals surface area contributed by atoms with Crippen LogP contribution in [0, 0.1) is 0 Å². The topological polar surface area (TPSA) is 70.4 Å². The molecule has 0 saturated heterocycles. The van der Waals surface area contributed by atoms with Gasteiger partial charge in [-0.15, -0.1) is 0 Å². The first-order valence-electron chi connectivity index (χ1n) is 7.53. The molecule has 25 heavy (non-hydrogen) atoms. The van der Waals surface area contributed by atoms with E-state index in [2.05, 4.69) is 4.98 Å². The number of esters is 2. The lowest BCUT2D eigenvalue weighted by molar-refractivity contribution is 0.0592. The normalized spacial score (nSPS) is 10.3. The predicted molar refractivity (Wildman–Crippen MR) is 91.7 cm³/mol. The number of hydrogen-bond acceptors (Lipinski definition) is 5. The molecule has 0 unspecified atom stereocenters. The average Bonchev–Trinajstić information content (AvgIpc) is 3.21. The van der Waals surface area contributed by atoms with E-state index in [1.165, 1.54) is 14.2 Å². The van der Waals surface area contributed by atoms with Crippen LogP contribution in [0.2, 0.25) is 0 Å². The van der Waals surface area contributed by atoms with Gasteiger partial charge in [-0.1, -0.05) is 18.2 Å². The minimum Gasteiger partial charge on any atom is -0.465 e. The van der Waals surface area contributed by atoms with Crippen molar-refractivity contribution in [3.8, 4) is 16.8 Å². The van der Waals surface area contributed by atoms with Gasteiger partial charge >= 0.3 is 11.9 Å². The zero-order chi connectivity index (χ0) is 17.8. The van der Waals surface area contributed by atoms with E-state index in [4.69, 9.17) is 9.47 Å². The van der Waals surface area contributed by atoms with Gasteiger partial charge in [-0.3, -0.25) is 0 Å². The molecule has 0 N–H and O–H groups in total. The van der Waals surface area contributed by atoms with Crippen molar-refractivity contribution in [1.29, 1.82) is 0 Å². The first kappa shape index (κ1) is 16.4. The van der Waals surface area contributed by atoms with Gasteiger partial charge in [0, 0.05) is 18.0 Å². The molecule has 0 atom stereocenters. The molecule has 2 aromatic carbocycles. The van der Waals surface area contributed by atoms with Crippen molar-refractivity contribution < 1.29 is 19.1 Å². The molecule has 0 fully saturated rings. The summed E-state index contributed by atoms with van der Waals surface area (Å²) in [6.07, 6.45) is 5.11. The van der Waals surface area contributed by atoms with Crippen molar-refractivity contribution >= 4 is 11.9 Å². The Morgan fingerprint density at radius 2 is 1.56 bits per heavy atom. The minimum absolute atomic E-state index is 0.387. The summed E-state index contributed by atoms with van der Waals surface area (Å²) in [4.78, 5) is 27.5. The summed E-state index contributed by atoms with van der Waals surface area (Å²) < 4.78 is 11.3. The molecule has 0 aliphatic rings. The number of methoxy groups -OCH3 is 2. The number of ether oxygens (including phenoxy) is 2. The Balaban J connectivity index is 2.09. The molecular weight excluding hydrogens is 320 g/mol. The third-order valence-electron chi connectivity index (χ3n) is 3.82. The molecule has 0 bridgehead atoms. The lowest BCUT2D eigenvalue weighted by Crippen LogP contribution is -2.04. The molecule has 0 aliphatic heterocycles. The van der Waals surface area contributed by atoms with Crippen LogP contribution in [0.3, 0.4) is 0 Å². The highest BCUT2D eigenvalue weighted by Crippen LogP contribution is 2.28. The van der Waals surface area contributed by atoms with Gasteiger partial charge in [0.1, 0.15) is 0 Å². The molecule has 3 aromatic rings. The van der Waals surface area contributed by atoms with Gasteiger partial charge in [0.15, 0.2) is 0 Å². The summed E-state index contributed by atoms with van der Waals surface area (Å²) in [5.41, 5.74) is 3.49. The van der Waals surface area contributed by atoms with E-state index < -0.39 is 5.97 Å². The molecular formula is C19H16N2O4. The van der Waals surface area contributed by atoms with Gasteiger partial charge in [-0.2, -0.15) is 0 Å². The van der Waals surface area contributed by atoms with Gasteiger partial charge in [0.25, 0.3) is 0 Å². The molecule has 0 spiro atoms. The first-order valence-corrected chi connectivity index (χ1v) is 7.53. The van der Waals surface area contributed by atoms with E-state index >= 15 is 0 Å². The van der Waals surface area contributed by atoms with Crippen molar-refractivity contribution in [3.63, 3.8) is 0 Å². The second kappa shape index (κ2) is 7.00. The lowest BCUT2D eigenvalue weighted by atomic mass is 10.00. The van der Waals surface area contributed by atoms with Crippen LogP contribution in [-0.4, -0.2) is 35.7 Å². The highest BCUT2D eigenvalue weighted by Gasteiger charge is 2.13. The molecule has 6 heteroatoms. The van der Waals surface area contributed by atoms with Crippen LogP contribution in [0.15, 0.2) is 61.2 Å². The van der Waals surface area contributed by atoms with E-state index in [1.807, 2.05) is 22.8 Å². The Morgan fingerprint density at radius 3 is 2.16 bits per heavy atom. The van der Waals surface area contributed by atoms with Crippen LogP contribution >= 0.6 is 0 Å². The minimum atomic E-state index is -0.408. The second-order valence-corrected chi connectivity index (χ2v) is 5.26. The van der Waals surface area contributed by atoms with E-state index in [-0.39, 0.29) is 5.97 Å². The Morgan fingerprint density at radius 1 is 0.920 bits per heavy atom. The van der Waals surface area contributed by atoms with E-state index in [1.54, 1.807) is 43.0 Å². The van der Waals surface area contributed by atoms with E-state index in [0.29, 0.717) is 11.1 Å². The summed E-state index contributed by atoms with van der Waals surface area (Å²) in [7, 11) is 2.69. The van der Waals surface area contributed by atoms with Crippen molar-refractivity contribution in [1.82, 2.24) is 9.55 Å². The summed E-state index contributed by atoms with van der Waals surface area (Å²) in [5, 5.41) is 0. The van der Waals surface area contributed by atoms with Crippen LogP contribution in [-0.2, 0) is 9.47 Å². The molecule has 0 radical (unpaired) electrons. The zero-order valence-corrected chi connectivity index (χ0v) is 13.8. The predicted octanol–water partition coefficient (Wildman–Crippen LogP) is 3.11. The Labute approximate surface area is 144 Å². The van der Waals surface area contributed by atoms with Gasteiger partial charge in [0.05, 0.1) is 37.4 Å². The zero-order valence-electron chi connectivity index (χ0n) is 13.8. The van der Waals surface area contributed by atoms with E-state index in [0.717, 1.165) is 16.8 Å². The van der Waals surface area contributed by atoms with E-state index in [9.17, 15) is 9.59 Å². The average molecular weight is 336 g/mol. The lowest BCUT2D eigenvalue weighted by Gasteiger charge is -2.12. The van der Waals surface area contributed by atoms with Crippen molar-refractivity contribution in [2.24, 2.45) is 0 Å². The molecule has 126 valence electrons. The summed E-state index contributed by atoms with van der Waals surface area (Å²) in [6, 6.07) is 12.4. The van der Waals surface area contributed by atoms with Crippen LogP contribution in [0.4, 0.5) is 0 Å². The van der Waals surface area contributed by atoms with Gasteiger partial charge in [0.2, 0.25) is 0 Å². The highest BCUT2D eigenvalue weighted by molar-refractivity contribution is 5.92. The van der Waals surface area contributed by atoms with Crippen LogP contribution in [0.5, 0.6) is 0 Å². The van der Waals surface area contributed by atoms with Crippen molar-refractivity contribution in [3.05, 3.63) is 72.3 Å². The van der Waals surface area contributed by atoms with Crippen LogP contribution < -0.4 is 0 Å². The van der Waals surface area contributed by atoms with Crippen molar-refractivity contribution in [2.75, 3.05) is 14.2 Å². The largest absolute Gasteiger partial charge is 0.465 e. The number of benzene rings is 2. The van der Waals surface area contributed by atoms with Gasteiger partial charge < -0.3 is 14.0 Å². The standard InChI is InChI=1S/C19H16N2O4/c1-24-18(22)14-5-3-13(4-6-14)16-8-7-15(19(23)25-2)11-17(16)21-10-9-20-12-21/h3-12H,1-2H3. The maximum atomic E-state index is 11.8. The third kappa shape index (κ3) is 3.28. The van der Waals surface area contributed by atoms with Crippen LogP contribution in [0.1, 0.15) is 20.7 Å². The maximum Gasteiger partial charge on any atom is 0.337 e. The quantitative estimate of drug-likeness (QED) is 0.685. The number of nitrogens with zero attached hydrogens (tertiary/aromatic N) is 2. The summed E-state index contributed by atoms with van der Waals surface area (Å²) in [5.74, 6) is -0.795. The fourth-order valence-electron chi connectivity index (χ4n) is 2.54. The third-order valence-corrected chi connectivity index (χ3v) is 3.82. The monoisotopic (exact) mass is 336 g/mol. The number of imidazole rings is 1. The summed E-state index contributed by atoms with van der Waals surface area (Å²) in [6.45, 7) is 0. The molecule has 0 amide bonds. The molecule has 0 aliphatic carbocycles. The molecule has 1 heterocycles.